The summed E-state index contributed by atoms with van der Waals surface area (Å²) in [5, 5.41) is 6.72. The first-order chi connectivity index (χ1) is 14.9. The second-order valence-corrected chi connectivity index (χ2v) is 7.96. The molecule has 1 aliphatic rings. The highest BCUT2D eigenvalue weighted by atomic mass is 35.5. The van der Waals surface area contributed by atoms with Crippen LogP contribution in [0.2, 0.25) is 15.1 Å². The topological polar surface area (TPSA) is 67.4 Å². The molecule has 0 aromatic heterocycles. The predicted molar refractivity (Wildman–Crippen MR) is 125 cm³/mol. The molecule has 3 aromatic rings. The van der Waals surface area contributed by atoms with E-state index in [1.165, 1.54) is 0 Å². The molecular weight excluding hydrogens is 459 g/mol. The zero-order valence-corrected chi connectivity index (χ0v) is 18.2. The molecule has 0 saturated carbocycles. The van der Waals surface area contributed by atoms with Gasteiger partial charge in [0.1, 0.15) is 5.75 Å². The van der Waals surface area contributed by atoms with Crippen molar-refractivity contribution >= 4 is 69.6 Å². The van der Waals surface area contributed by atoms with E-state index in [1.54, 1.807) is 42.5 Å². The Balaban J connectivity index is 1.53. The average molecular weight is 474 g/mol. The van der Waals surface area contributed by atoms with Crippen LogP contribution in [0, 0.1) is 0 Å². The van der Waals surface area contributed by atoms with E-state index in [-0.39, 0.29) is 18.4 Å². The summed E-state index contributed by atoms with van der Waals surface area (Å²) in [6.45, 7) is -0.249. The highest BCUT2D eigenvalue weighted by molar-refractivity contribution is 6.42. The molecule has 0 fully saturated rings. The van der Waals surface area contributed by atoms with E-state index in [0.29, 0.717) is 37.6 Å². The fourth-order valence-electron chi connectivity index (χ4n) is 3.12. The molecular formula is C23H15Cl3N2O3. The summed E-state index contributed by atoms with van der Waals surface area (Å²) in [5.74, 6) is -0.182. The van der Waals surface area contributed by atoms with Gasteiger partial charge < -0.3 is 15.4 Å². The number of carbonyl (C=O) groups is 2. The number of fused-ring (bicyclic) bond motifs is 1. The van der Waals surface area contributed by atoms with E-state index in [9.17, 15) is 9.59 Å². The molecule has 1 aliphatic heterocycles. The largest absolute Gasteiger partial charge is 0.483 e. The number of carbonyl (C=O) groups excluding carboxylic acids is 2. The summed E-state index contributed by atoms with van der Waals surface area (Å²) in [6, 6.07) is 17.2. The summed E-state index contributed by atoms with van der Waals surface area (Å²) in [6.07, 6.45) is 1.69. The van der Waals surface area contributed by atoms with Crippen LogP contribution >= 0.6 is 34.8 Å². The molecule has 0 radical (unpaired) electrons. The van der Waals surface area contributed by atoms with Gasteiger partial charge in [-0.1, -0.05) is 53.0 Å². The minimum absolute atomic E-state index is 0.218. The Morgan fingerprint density at radius 3 is 2.61 bits per heavy atom. The van der Waals surface area contributed by atoms with Gasteiger partial charge >= 0.3 is 0 Å². The van der Waals surface area contributed by atoms with Gasteiger partial charge in [-0.15, -0.1) is 0 Å². The molecule has 3 aromatic carbocycles. The summed E-state index contributed by atoms with van der Waals surface area (Å²) >= 11 is 18.0. The number of halogens is 3. The minimum Gasteiger partial charge on any atom is -0.483 e. The van der Waals surface area contributed by atoms with Gasteiger partial charge in [0.25, 0.3) is 11.8 Å². The molecule has 2 N–H and O–H groups in total. The van der Waals surface area contributed by atoms with Gasteiger partial charge in [0.05, 0.1) is 10.0 Å². The summed E-state index contributed by atoms with van der Waals surface area (Å²) in [5.41, 5.74) is 3.10. The third kappa shape index (κ3) is 4.85. The van der Waals surface area contributed by atoms with E-state index in [2.05, 4.69) is 10.6 Å². The molecule has 0 unspecified atom stereocenters. The maximum atomic E-state index is 12.4. The van der Waals surface area contributed by atoms with Crippen LogP contribution < -0.4 is 15.4 Å². The van der Waals surface area contributed by atoms with E-state index >= 15 is 0 Å². The van der Waals surface area contributed by atoms with Gasteiger partial charge in [-0.05, 0) is 48.5 Å². The normalized spacial score (nSPS) is 13.6. The third-order valence-corrected chi connectivity index (χ3v) is 5.52. The van der Waals surface area contributed by atoms with Crippen molar-refractivity contribution in [3.8, 4) is 5.75 Å². The van der Waals surface area contributed by atoms with Gasteiger partial charge in [-0.25, -0.2) is 0 Å². The summed E-state index contributed by atoms with van der Waals surface area (Å²) < 4.78 is 5.71. The van der Waals surface area contributed by atoms with E-state index in [4.69, 9.17) is 39.5 Å². The third-order valence-electron chi connectivity index (χ3n) is 4.54. The number of hydrogen-bond donors (Lipinski definition) is 2. The van der Waals surface area contributed by atoms with Crippen LogP contribution in [0.25, 0.3) is 11.6 Å². The number of anilines is 2. The number of nitrogens with one attached hydrogen (secondary N) is 2. The van der Waals surface area contributed by atoms with Crippen molar-refractivity contribution in [2.75, 3.05) is 17.2 Å². The molecule has 0 spiro atoms. The van der Waals surface area contributed by atoms with Crippen molar-refractivity contribution in [3.05, 3.63) is 86.9 Å². The second-order valence-electron chi connectivity index (χ2n) is 6.71. The van der Waals surface area contributed by atoms with Crippen molar-refractivity contribution in [1.82, 2.24) is 0 Å². The van der Waals surface area contributed by atoms with Crippen molar-refractivity contribution in [2.24, 2.45) is 0 Å². The number of hydrogen-bond acceptors (Lipinski definition) is 3. The molecule has 5 nitrogen and oxygen atoms in total. The molecule has 0 saturated heterocycles. The molecule has 156 valence electrons. The Labute approximate surface area is 193 Å². The van der Waals surface area contributed by atoms with Gasteiger partial charge in [0, 0.05) is 33.1 Å². The number of benzene rings is 3. The Bertz CT molecular complexity index is 1220. The smallest absolute Gasteiger partial charge is 0.262 e. The number of rotatable bonds is 5. The van der Waals surface area contributed by atoms with Gasteiger partial charge in [0.15, 0.2) is 6.61 Å². The molecule has 1 heterocycles. The molecule has 4 rings (SSSR count). The van der Waals surface area contributed by atoms with Crippen LogP contribution in [0.15, 0.2) is 60.7 Å². The minimum atomic E-state index is -0.379. The molecule has 0 atom stereocenters. The van der Waals surface area contributed by atoms with Crippen LogP contribution in [0.3, 0.4) is 0 Å². The predicted octanol–water partition coefficient (Wildman–Crippen LogP) is 6.16. The number of para-hydroxylation sites is 1. The van der Waals surface area contributed by atoms with Crippen LogP contribution in [0.4, 0.5) is 11.4 Å². The monoisotopic (exact) mass is 472 g/mol. The van der Waals surface area contributed by atoms with Crippen LogP contribution in [0.5, 0.6) is 5.75 Å². The first kappa shape index (κ1) is 21.2. The maximum Gasteiger partial charge on any atom is 0.262 e. The Morgan fingerprint density at radius 2 is 1.81 bits per heavy atom. The lowest BCUT2D eigenvalue weighted by Crippen LogP contribution is -2.20. The van der Waals surface area contributed by atoms with Crippen molar-refractivity contribution in [3.63, 3.8) is 0 Å². The highest BCUT2D eigenvalue weighted by Gasteiger charge is 2.24. The van der Waals surface area contributed by atoms with Crippen molar-refractivity contribution in [1.29, 1.82) is 0 Å². The van der Waals surface area contributed by atoms with Gasteiger partial charge in [0.2, 0.25) is 0 Å². The fourth-order valence-corrected chi connectivity index (χ4v) is 3.59. The Kier molecular flexibility index (Phi) is 6.18. The lowest BCUT2D eigenvalue weighted by molar-refractivity contribution is -0.118. The Morgan fingerprint density at radius 1 is 1.00 bits per heavy atom. The molecule has 31 heavy (non-hydrogen) atoms. The summed E-state index contributed by atoms with van der Waals surface area (Å²) in [7, 11) is 0. The lowest BCUT2D eigenvalue weighted by atomic mass is 10.0. The first-order valence-corrected chi connectivity index (χ1v) is 10.3. The number of ether oxygens (including phenoxy) is 1. The second kappa shape index (κ2) is 9.02. The van der Waals surface area contributed by atoms with Crippen LogP contribution in [0.1, 0.15) is 11.1 Å². The van der Waals surface area contributed by atoms with Crippen molar-refractivity contribution in [2.45, 2.75) is 0 Å². The molecule has 0 aliphatic carbocycles. The van der Waals surface area contributed by atoms with Gasteiger partial charge in [-0.2, -0.15) is 0 Å². The van der Waals surface area contributed by atoms with E-state index < -0.39 is 0 Å². The van der Waals surface area contributed by atoms with Crippen LogP contribution in [-0.4, -0.2) is 18.4 Å². The zero-order valence-electron chi connectivity index (χ0n) is 15.9. The maximum absolute atomic E-state index is 12.4. The van der Waals surface area contributed by atoms with E-state index in [1.807, 2.05) is 24.3 Å². The van der Waals surface area contributed by atoms with Gasteiger partial charge in [-0.3, -0.25) is 9.59 Å². The number of amides is 2. The standard InChI is InChI=1S/C23H15Cl3N2O3/c24-14-5-8-21(31-12-22(29)27-15-6-7-18(25)19(26)11-15)13(9-14)10-17-16-3-1-2-4-20(16)28-23(17)30/h1-11H,12H2,(H,27,29)(H,28,30)/b17-10-. The molecule has 2 amide bonds. The van der Waals surface area contributed by atoms with E-state index in [0.717, 1.165) is 11.3 Å². The lowest BCUT2D eigenvalue weighted by Gasteiger charge is -2.11. The zero-order chi connectivity index (χ0) is 22.0. The average Bonchev–Trinajstić information content (AvgIpc) is 3.05. The fraction of sp³-hybridized carbons (Fsp3) is 0.0435. The quantitative estimate of drug-likeness (QED) is 0.436. The summed E-state index contributed by atoms with van der Waals surface area (Å²) in [4.78, 5) is 24.7. The van der Waals surface area contributed by atoms with Crippen LogP contribution in [-0.2, 0) is 9.59 Å². The highest BCUT2D eigenvalue weighted by Crippen LogP contribution is 2.35. The first-order valence-electron chi connectivity index (χ1n) is 9.20. The molecule has 0 bridgehead atoms. The Hall–Kier alpha value is -2.99. The molecule has 8 heteroatoms. The van der Waals surface area contributed by atoms with Crippen molar-refractivity contribution < 1.29 is 14.3 Å². The SMILES string of the molecule is O=C(COc1ccc(Cl)cc1/C=C1\C(=O)Nc2ccccc21)Nc1ccc(Cl)c(Cl)c1.